The topological polar surface area (TPSA) is 37.2 Å². The monoisotopic (exact) mass is 325 g/mol. The summed E-state index contributed by atoms with van der Waals surface area (Å²) in [7, 11) is 0. The third-order valence-electron chi connectivity index (χ3n) is 5.75. The Kier molecular flexibility index (Phi) is 4.63. The van der Waals surface area contributed by atoms with Crippen molar-refractivity contribution in [2.24, 2.45) is 0 Å². The van der Waals surface area contributed by atoms with E-state index in [1.807, 2.05) is 11.0 Å². The Morgan fingerprint density at radius 1 is 0.958 bits per heavy atom. The van der Waals surface area contributed by atoms with Crippen molar-refractivity contribution >= 4 is 0 Å². The highest BCUT2D eigenvalue weighted by Gasteiger charge is 2.41. The van der Waals surface area contributed by atoms with Gasteiger partial charge < -0.3 is 0 Å². The first-order chi connectivity index (χ1) is 11.8. The van der Waals surface area contributed by atoms with Crippen LogP contribution < -0.4 is 0 Å². The van der Waals surface area contributed by atoms with E-state index in [2.05, 4.69) is 50.2 Å². The van der Waals surface area contributed by atoms with Crippen molar-refractivity contribution in [1.29, 1.82) is 0 Å². The summed E-state index contributed by atoms with van der Waals surface area (Å²) in [6.45, 7) is 6.72. The molecule has 1 aliphatic carbocycles. The van der Waals surface area contributed by atoms with Crippen LogP contribution in [0.2, 0.25) is 0 Å². The normalized spacial score (nSPS) is 22.0. The number of rotatable bonds is 5. The Hall–Kier alpha value is -1.72. The number of aromatic nitrogens is 3. The van der Waals surface area contributed by atoms with Crippen LogP contribution in [0.5, 0.6) is 0 Å². The Labute approximate surface area is 144 Å². The lowest BCUT2D eigenvalue weighted by molar-refractivity contribution is 0.0194. The van der Waals surface area contributed by atoms with Gasteiger partial charge >= 0.3 is 0 Å². The Morgan fingerprint density at radius 3 is 2.38 bits per heavy atom. The van der Waals surface area contributed by atoms with Gasteiger partial charge in [-0.2, -0.15) is 5.10 Å². The van der Waals surface area contributed by atoms with E-state index in [-0.39, 0.29) is 0 Å². The second-order valence-corrected chi connectivity index (χ2v) is 7.27. The molecule has 1 aromatic carbocycles. The molecule has 0 bridgehead atoms. The summed E-state index contributed by atoms with van der Waals surface area (Å²) in [5.41, 5.74) is 1.72. The molecule has 1 saturated carbocycles. The smallest absolute Gasteiger partial charge is 0.137 e. The molecule has 24 heavy (non-hydrogen) atoms. The summed E-state index contributed by atoms with van der Waals surface area (Å²) in [5, 5.41) is 4.36. The molecule has 5 nitrogen and oxygen atoms in total. The van der Waals surface area contributed by atoms with E-state index >= 15 is 0 Å². The minimum absolute atomic E-state index is 0.298. The van der Waals surface area contributed by atoms with Crippen molar-refractivity contribution < 1.29 is 0 Å². The lowest BCUT2D eigenvalue weighted by atomic mass is 9.94. The molecule has 0 N–H and O–H groups in total. The Bertz CT molecular complexity index is 610. The molecule has 5 heteroatoms. The highest BCUT2D eigenvalue weighted by atomic mass is 15.4. The molecular weight excluding hydrogens is 298 g/mol. The SMILES string of the molecule is c1ccc(CN2CCN(C3(Cn4cncn4)CCCC3)CC2)cc1. The summed E-state index contributed by atoms with van der Waals surface area (Å²) in [6.07, 6.45) is 8.81. The molecular formula is C19H27N5. The average Bonchev–Trinajstić information content (AvgIpc) is 3.30. The summed E-state index contributed by atoms with van der Waals surface area (Å²) < 4.78 is 2.03. The second-order valence-electron chi connectivity index (χ2n) is 7.27. The maximum Gasteiger partial charge on any atom is 0.137 e. The second kappa shape index (κ2) is 7.03. The van der Waals surface area contributed by atoms with Crippen LogP contribution in [0.4, 0.5) is 0 Å². The van der Waals surface area contributed by atoms with E-state index < -0.39 is 0 Å². The lowest BCUT2D eigenvalue weighted by Crippen LogP contribution is -2.57. The molecule has 128 valence electrons. The van der Waals surface area contributed by atoms with E-state index in [1.54, 1.807) is 6.33 Å². The zero-order chi connectivity index (χ0) is 16.2. The molecule has 0 radical (unpaired) electrons. The number of nitrogens with zero attached hydrogens (tertiary/aromatic N) is 5. The molecule has 2 heterocycles. The van der Waals surface area contributed by atoms with Crippen molar-refractivity contribution in [3.8, 4) is 0 Å². The summed E-state index contributed by atoms with van der Waals surface area (Å²) >= 11 is 0. The van der Waals surface area contributed by atoms with Crippen LogP contribution in [0, 0.1) is 0 Å². The highest BCUT2D eigenvalue weighted by molar-refractivity contribution is 5.14. The van der Waals surface area contributed by atoms with Crippen LogP contribution in [-0.4, -0.2) is 56.3 Å². The number of hydrogen-bond acceptors (Lipinski definition) is 4. The van der Waals surface area contributed by atoms with Crippen molar-refractivity contribution in [2.45, 2.75) is 44.3 Å². The van der Waals surface area contributed by atoms with E-state index in [4.69, 9.17) is 0 Å². The zero-order valence-corrected chi connectivity index (χ0v) is 14.3. The molecule has 0 spiro atoms. The molecule has 1 saturated heterocycles. The van der Waals surface area contributed by atoms with Crippen LogP contribution in [0.25, 0.3) is 0 Å². The van der Waals surface area contributed by atoms with Crippen LogP contribution >= 0.6 is 0 Å². The van der Waals surface area contributed by atoms with Gasteiger partial charge in [-0.3, -0.25) is 14.5 Å². The minimum atomic E-state index is 0.298. The van der Waals surface area contributed by atoms with Gasteiger partial charge in [0.15, 0.2) is 0 Å². The van der Waals surface area contributed by atoms with Gasteiger partial charge in [0.2, 0.25) is 0 Å². The predicted octanol–water partition coefficient (Wildman–Crippen LogP) is 2.41. The van der Waals surface area contributed by atoms with Gasteiger partial charge in [0.25, 0.3) is 0 Å². The predicted molar refractivity (Wildman–Crippen MR) is 94.5 cm³/mol. The number of benzene rings is 1. The fourth-order valence-corrected chi connectivity index (χ4v) is 4.45. The average molecular weight is 325 g/mol. The zero-order valence-electron chi connectivity index (χ0n) is 14.3. The van der Waals surface area contributed by atoms with E-state index in [0.29, 0.717) is 5.54 Å². The summed E-state index contributed by atoms with van der Waals surface area (Å²) in [6, 6.07) is 10.8. The van der Waals surface area contributed by atoms with Crippen molar-refractivity contribution in [3.05, 3.63) is 48.5 Å². The van der Waals surface area contributed by atoms with Gasteiger partial charge in [0.05, 0.1) is 6.54 Å². The third kappa shape index (κ3) is 3.37. The summed E-state index contributed by atoms with van der Waals surface area (Å²) in [5.74, 6) is 0. The molecule has 1 aromatic heterocycles. The van der Waals surface area contributed by atoms with Gasteiger partial charge in [-0.05, 0) is 18.4 Å². The van der Waals surface area contributed by atoms with Crippen LogP contribution in [0.3, 0.4) is 0 Å². The van der Waals surface area contributed by atoms with E-state index in [1.165, 1.54) is 44.3 Å². The molecule has 1 aliphatic heterocycles. The first-order valence-corrected chi connectivity index (χ1v) is 9.18. The summed E-state index contributed by atoms with van der Waals surface area (Å²) in [4.78, 5) is 9.45. The molecule has 2 aliphatic rings. The van der Waals surface area contributed by atoms with Gasteiger partial charge in [0, 0.05) is 38.3 Å². The largest absolute Gasteiger partial charge is 0.297 e. The van der Waals surface area contributed by atoms with E-state index in [9.17, 15) is 0 Å². The first kappa shape index (κ1) is 15.8. The molecule has 0 amide bonds. The number of piperazine rings is 1. The van der Waals surface area contributed by atoms with Crippen molar-refractivity contribution in [1.82, 2.24) is 24.6 Å². The Balaban J connectivity index is 1.38. The maximum atomic E-state index is 4.36. The third-order valence-corrected chi connectivity index (χ3v) is 5.75. The highest BCUT2D eigenvalue weighted by Crippen LogP contribution is 2.37. The number of hydrogen-bond donors (Lipinski definition) is 0. The van der Waals surface area contributed by atoms with E-state index in [0.717, 1.165) is 26.2 Å². The molecule has 2 aromatic rings. The fourth-order valence-electron chi connectivity index (χ4n) is 4.45. The quantitative estimate of drug-likeness (QED) is 0.846. The fraction of sp³-hybridized carbons (Fsp3) is 0.579. The van der Waals surface area contributed by atoms with Gasteiger partial charge in [0.1, 0.15) is 12.7 Å². The van der Waals surface area contributed by atoms with Gasteiger partial charge in [-0.25, -0.2) is 4.98 Å². The molecule has 2 fully saturated rings. The minimum Gasteiger partial charge on any atom is -0.297 e. The van der Waals surface area contributed by atoms with Gasteiger partial charge in [-0.15, -0.1) is 0 Å². The maximum absolute atomic E-state index is 4.36. The lowest BCUT2D eigenvalue weighted by Gasteiger charge is -2.46. The molecule has 0 atom stereocenters. The van der Waals surface area contributed by atoms with Gasteiger partial charge in [-0.1, -0.05) is 43.2 Å². The van der Waals surface area contributed by atoms with Crippen LogP contribution in [0.15, 0.2) is 43.0 Å². The first-order valence-electron chi connectivity index (χ1n) is 9.18. The standard InChI is InChI=1S/C19H27N5/c1-2-6-18(7-3-1)14-22-10-12-23(13-11-22)19(8-4-5-9-19)15-24-17-20-16-21-24/h1-3,6-7,16-17H,4-5,8-15H2. The molecule has 0 unspecified atom stereocenters. The van der Waals surface area contributed by atoms with Crippen molar-refractivity contribution in [3.63, 3.8) is 0 Å². The van der Waals surface area contributed by atoms with Crippen molar-refractivity contribution in [2.75, 3.05) is 26.2 Å². The van der Waals surface area contributed by atoms with Crippen LogP contribution in [0.1, 0.15) is 31.2 Å². The Morgan fingerprint density at radius 2 is 1.71 bits per heavy atom. The molecule has 4 rings (SSSR count). The van der Waals surface area contributed by atoms with Crippen LogP contribution in [-0.2, 0) is 13.1 Å².